The van der Waals surface area contributed by atoms with Crippen LogP contribution in [0.15, 0.2) is 48.5 Å². The summed E-state index contributed by atoms with van der Waals surface area (Å²) in [6.45, 7) is 8.83. The van der Waals surface area contributed by atoms with Gasteiger partial charge in [-0.3, -0.25) is 4.57 Å². The van der Waals surface area contributed by atoms with Crippen LogP contribution in [0, 0.1) is 6.92 Å². The molecule has 2 aromatic carbocycles. The van der Waals surface area contributed by atoms with Gasteiger partial charge in [-0.15, -0.1) is 0 Å². The van der Waals surface area contributed by atoms with Gasteiger partial charge in [-0.1, -0.05) is 35.9 Å². The van der Waals surface area contributed by atoms with E-state index in [0.717, 1.165) is 17.7 Å². The number of hydrogen-bond acceptors (Lipinski definition) is 4. The number of aryl methyl sites for hydroxylation is 1. The molecule has 2 rings (SSSR count). The first-order valence-corrected chi connectivity index (χ1v) is 11.0. The number of alkyl halides is 3. The molecule has 29 heavy (non-hydrogen) atoms. The molecule has 0 heterocycles. The van der Waals surface area contributed by atoms with E-state index in [1.54, 1.807) is 39.8 Å². The molecule has 0 amide bonds. The van der Waals surface area contributed by atoms with Gasteiger partial charge >= 0.3 is 13.8 Å². The molecule has 0 saturated carbocycles. The molecule has 0 spiro atoms. The second-order valence-electron chi connectivity index (χ2n) is 7.38. The molecule has 0 aromatic heterocycles. The lowest BCUT2D eigenvalue weighted by Gasteiger charge is -2.31. The third-order valence-electron chi connectivity index (χ3n) is 3.92. The summed E-state index contributed by atoms with van der Waals surface area (Å²) in [5.41, 5.74) is 0.966. The molecule has 8 heteroatoms. The van der Waals surface area contributed by atoms with E-state index < -0.39 is 37.3 Å². The van der Waals surface area contributed by atoms with Gasteiger partial charge in [-0.05, 0) is 58.4 Å². The maximum Gasteiger partial charge on any atom is 0.416 e. The number of benzene rings is 2. The Morgan fingerprint density at radius 2 is 1.48 bits per heavy atom. The van der Waals surface area contributed by atoms with Gasteiger partial charge in [0.15, 0.2) is 5.78 Å². The molecule has 1 atom stereocenters. The average molecular weight is 429 g/mol. The molecule has 0 fully saturated rings. The summed E-state index contributed by atoms with van der Waals surface area (Å²) in [5, 5.41) is 2.97. The zero-order chi connectivity index (χ0) is 21.8. The van der Waals surface area contributed by atoms with Crippen LogP contribution in [0.3, 0.4) is 0 Å². The normalized spacial score (nSPS) is 13.7. The second-order valence-corrected chi connectivity index (χ2v) is 9.40. The van der Waals surface area contributed by atoms with E-state index >= 15 is 0 Å². The fourth-order valence-corrected chi connectivity index (χ4v) is 5.08. The molecule has 1 unspecified atom stereocenters. The summed E-state index contributed by atoms with van der Waals surface area (Å²) in [5.74, 6) is -0.976. The van der Waals surface area contributed by atoms with E-state index in [1.807, 2.05) is 19.1 Å². The first-order valence-electron chi connectivity index (χ1n) is 9.37. The summed E-state index contributed by atoms with van der Waals surface area (Å²) in [4.78, 5) is 0. The van der Waals surface area contributed by atoms with E-state index in [0.29, 0.717) is 5.56 Å². The van der Waals surface area contributed by atoms with Crippen LogP contribution in [0.25, 0.3) is 0 Å². The van der Waals surface area contributed by atoms with Crippen LogP contribution in [0.2, 0.25) is 0 Å². The number of anilines is 1. The highest BCUT2D eigenvalue weighted by molar-refractivity contribution is 7.54. The molecule has 160 valence electrons. The van der Waals surface area contributed by atoms with Gasteiger partial charge in [0.1, 0.15) is 0 Å². The second kappa shape index (κ2) is 9.33. The maximum absolute atomic E-state index is 13.8. The third kappa shape index (κ3) is 6.59. The van der Waals surface area contributed by atoms with Crippen LogP contribution in [-0.2, 0) is 19.8 Å². The standard InChI is InChI=1S/C21H27F3NO3P/c1-14(2)27-29(26,28-15(3)4)20(17-11-9-16(5)10-12-17)25-19-8-6-7-18(13-19)21(22,23)24/h6-15,20,25H,1-5H3. The first-order chi connectivity index (χ1) is 13.4. The van der Waals surface area contributed by atoms with Gasteiger partial charge in [0, 0.05) is 5.69 Å². The van der Waals surface area contributed by atoms with Gasteiger partial charge in [0.2, 0.25) is 0 Å². The lowest BCUT2D eigenvalue weighted by molar-refractivity contribution is -0.137. The van der Waals surface area contributed by atoms with Crippen molar-refractivity contribution in [1.82, 2.24) is 0 Å². The fourth-order valence-electron chi connectivity index (χ4n) is 2.77. The summed E-state index contributed by atoms with van der Waals surface area (Å²) >= 11 is 0. The van der Waals surface area contributed by atoms with Crippen LogP contribution in [-0.4, -0.2) is 12.2 Å². The van der Waals surface area contributed by atoms with Crippen LogP contribution < -0.4 is 5.32 Å². The highest BCUT2D eigenvalue weighted by atomic mass is 31.2. The van der Waals surface area contributed by atoms with Gasteiger partial charge < -0.3 is 14.4 Å². The first kappa shape index (κ1) is 23.5. The van der Waals surface area contributed by atoms with E-state index in [-0.39, 0.29) is 5.69 Å². The van der Waals surface area contributed by atoms with Crippen molar-refractivity contribution in [2.45, 2.75) is 58.8 Å². The van der Waals surface area contributed by atoms with Crippen LogP contribution in [0.4, 0.5) is 18.9 Å². The largest absolute Gasteiger partial charge is 0.416 e. The highest BCUT2D eigenvalue weighted by Gasteiger charge is 2.40. The summed E-state index contributed by atoms with van der Waals surface area (Å²) in [6, 6.07) is 12.0. The molecule has 0 bridgehead atoms. The summed E-state index contributed by atoms with van der Waals surface area (Å²) in [6.07, 6.45) is -5.30. The lowest BCUT2D eigenvalue weighted by atomic mass is 10.1. The van der Waals surface area contributed by atoms with Crippen LogP contribution in [0.1, 0.15) is 50.2 Å². The molecular formula is C21H27F3NO3P. The van der Waals surface area contributed by atoms with Crippen molar-refractivity contribution in [2.24, 2.45) is 0 Å². The van der Waals surface area contributed by atoms with Gasteiger partial charge in [-0.25, -0.2) is 0 Å². The minimum absolute atomic E-state index is 0.172. The zero-order valence-corrected chi connectivity index (χ0v) is 18.1. The van der Waals surface area contributed by atoms with Crippen molar-refractivity contribution in [3.05, 3.63) is 65.2 Å². The van der Waals surface area contributed by atoms with Crippen LogP contribution >= 0.6 is 7.60 Å². The summed E-state index contributed by atoms with van der Waals surface area (Å²) in [7, 11) is -3.79. The number of nitrogens with one attached hydrogen (secondary N) is 1. The smallest absolute Gasteiger partial charge is 0.368 e. The van der Waals surface area contributed by atoms with E-state index in [1.165, 1.54) is 12.1 Å². The Bertz CT molecular complexity index is 837. The Kier molecular flexibility index (Phi) is 7.55. The monoisotopic (exact) mass is 429 g/mol. The number of hydrogen-bond donors (Lipinski definition) is 1. The molecule has 0 saturated heterocycles. The Morgan fingerprint density at radius 1 is 0.931 bits per heavy atom. The Morgan fingerprint density at radius 3 is 1.97 bits per heavy atom. The van der Waals surface area contributed by atoms with Gasteiger partial charge in [0.25, 0.3) is 0 Å². The van der Waals surface area contributed by atoms with E-state index in [9.17, 15) is 17.7 Å². The lowest BCUT2D eigenvalue weighted by Crippen LogP contribution is -2.19. The fraction of sp³-hybridized carbons (Fsp3) is 0.429. The quantitative estimate of drug-likeness (QED) is 0.452. The molecule has 4 nitrogen and oxygen atoms in total. The number of rotatable bonds is 8. The third-order valence-corrected chi connectivity index (χ3v) is 6.41. The minimum Gasteiger partial charge on any atom is -0.368 e. The molecule has 1 N–H and O–H groups in total. The van der Waals surface area contributed by atoms with Crippen molar-refractivity contribution in [3.8, 4) is 0 Å². The van der Waals surface area contributed by atoms with Gasteiger partial charge in [0.05, 0.1) is 17.8 Å². The molecule has 0 aliphatic carbocycles. The van der Waals surface area contributed by atoms with E-state index in [2.05, 4.69) is 5.32 Å². The summed E-state index contributed by atoms with van der Waals surface area (Å²) < 4.78 is 64.6. The molecule has 0 aliphatic rings. The van der Waals surface area contributed by atoms with Crippen molar-refractivity contribution in [1.29, 1.82) is 0 Å². The maximum atomic E-state index is 13.8. The predicted molar refractivity (Wildman–Crippen MR) is 109 cm³/mol. The zero-order valence-electron chi connectivity index (χ0n) is 17.2. The number of halogens is 3. The van der Waals surface area contributed by atoms with Crippen molar-refractivity contribution in [2.75, 3.05) is 5.32 Å². The molecule has 2 aromatic rings. The van der Waals surface area contributed by atoms with Crippen molar-refractivity contribution < 1.29 is 26.8 Å². The molecule has 0 aliphatic heterocycles. The van der Waals surface area contributed by atoms with Crippen molar-refractivity contribution >= 4 is 13.3 Å². The molecular weight excluding hydrogens is 402 g/mol. The average Bonchev–Trinajstić information content (AvgIpc) is 2.58. The van der Waals surface area contributed by atoms with Crippen molar-refractivity contribution in [3.63, 3.8) is 0 Å². The predicted octanol–water partition coefficient (Wildman–Crippen LogP) is 7.17. The SMILES string of the molecule is Cc1ccc(C(Nc2cccc(C(F)(F)F)c2)P(=O)(OC(C)C)OC(C)C)cc1. The minimum atomic E-state index is -4.48. The Labute approximate surface area is 170 Å². The molecule has 0 radical (unpaired) electrons. The van der Waals surface area contributed by atoms with Gasteiger partial charge in [-0.2, -0.15) is 13.2 Å². The van der Waals surface area contributed by atoms with E-state index in [4.69, 9.17) is 9.05 Å². The highest BCUT2D eigenvalue weighted by Crippen LogP contribution is 2.62. The van der Waals surface area contributed by atoms with Crippen LogP contribution in [0.5, 0.6) is 0 Å². The Balaban J connectivity index is 2.52. The topological polar surface area (TPSA) is 47.6 Å². The Hall–Kier alpha value is -1.82.